The van der Waals surface area contributed by atoms with E-state index in [0.29, 0.717) is 5.75 Å². The van der Waals surface area contributed by atoms with Crippen LogP contribution in [0.5, 0.6) is 0 Å². The van der Waals surface area contributed by atoms with E-state index in [1.54, 1.807) is 0 Å². The van der Waals surface area contributed by atoms with Crippen molar-refractivity contribution in [3.05, 3.63) is 0 Å². The highest BCUT2D eigenvalue weighted by Gasteiger charge is 2.21. The van der Waals surface area contributed by atoms with Gasteiger partial charge in [-0.15, -0.1) is 0 Å². The third-order valence-electron chi connectivity index (χ3n) is 1.23. The Morgan fingerprint density at radius 3 is 3.09 bits per heavy atom. The van der Waals surface area contributed by atoms with Crippen molar-refractivity contribution in [2.24, 2.45) is 0 Å². The molecular weight excluding hydrogens is 166 g/mol. The molecule has 1 atom stereocenters. The molecule has 0 aromatic carbocycles. The van der Waals surface area contributed by atoms with E-state index in [1.807, 2.05) is 0 Å². The molecule has 1 amide bonds. The van der Waals surface area contributed by atoms with Crippen molar-refractivity contribution in [3.8, 4) is 0 Å². The summed E-state index contributed by atoms with van der Waals surface area (Å²) in [5, 5.41) is 2.62. The lowest BCUT2D eigenvalue weighted by molar-refractivity contribution is -0.141. The van der Waals surface area contributed by atoms with E-state index in [-0.39, 0.29) is 23.9 Å². The minimum Gasteiger partial charge on any atom is -0.464 e. The van der Waals surface area contributed by atoms with Crippen molar-refractivity contribution in [2.75, 3.05) is 12.4 Å². The van der Waals surface area contributed by atoms with Gasteiger partial charge in [-0.3, -0.25) is 9.59 Å². The molecule has 0 unspecified atom stereocenters. The van der Waals surface area contributed by atoms with Gasteiger partial charge < -0.3 is 10.1 Å². The number of carbonyl (C=O) groups is 2. The molecule has 11 heavy (non-hydrogen) atoms. The molecule has 0 bridgehead atoms. The lowest BCUT2D eigenvalue weighted by Crippen LogP contribution is -2.31. The van der Waals surface area contributed by atoms with E-state index < -0.39 is 0 Å². The Morgan fingerprint density at radius 1 is 1.91 bits per heavy atom. The zero-order valence-corrected chi connectivity index (χ0v) is 6.94. The van der Waals surface area contributed by atoms with Crippen molar-refractivity contribution in [1.82, 2.24) is 5.32 Å². The molecular formula is C6H9NO3S. The first kappa shape index (κ1) is 8.39. The van der Waals surface area contributed by atoms with Gasteiger partial charge in [-0.25, -0.2) is 0 Å². The van der Waals surface area contributed by atoms with Gasteiger partial charge in [0.2, 0.25) is 0 Å². The summed E-state index contributed by atoms with van der Waals surface area (Å²) in [6, 6.07) is -0.00333. The summed E-state index contributed by atoms with van der Waals surface area (Å²) in [5.41, 5.74) is 0. The lowest BCUT2D eigenvalue weighted by atomic mass is 10.4. The first-order valence-corrected chi connectivity index (χ1v) is 4.23. The molecule has 62 valence electrons. The van der Waals surface area contributed by atoms with Crippen molar-refractivity contribution in [1.29, 1.82) is 0 Å². The highest BCUT2D eigenvalue weighted by atomic mass is 32.2. The molecule has 1 fully saturated rings. The number of ether oxygens (including phenoxy) is 1. The van der Waals surface area contributed by atoms with E-state index in [9.17, 15) is 9.59 Å². The van der Waals surface area contributed by atoms with Gasteiger partial charge in [-0.05, 0) is 0 Å². The van der Waals surface area contributed by atoms with Gasteiger partial charge in [-0.1, -0.05) is 11.8 Å². The van der Waals surface area contributed by atoms with Gasteiger partial charge in [0.15, 0.2) is 0 Å². The SMILES string of the molecule is CC(=O)OC[C@@H]1CSC(=O)N1. The zero-order valence-electron chi connectivity index (χ0n) is 6.12. The molecule has 0 saturated carbocycles. The molecule has 4 nitrogen and oxygen atoms in total. The number of nitrogens with one attached hydrogen (secondary N) is 1. The summed E-state index contributed by atoms with van der Waals surface area (Å²) >= 11 is 1.22. The smallest absolute Gasteiger partial charge is 0.302 e. The largest absolute Gasteiger partial charge is 0.464 e. The van der Waals surface area contributed by atoms with Crippen LogP contribution < -0.4 is 5.32 Å². The Labute approximate surface area is 68.7 Å². The predicted molar refractivity (Wildman–Crippen MR) is 41.4 cm³/mol. The van der Waals surface area contributed by atoms with Crippen molar-refractivity contribution in [3.63, 3.8) is 0 Å². The average molecular weight is 175 g/mol. The molecule has 0 aliphatic carbocycles. The zero-order chi connectivity index (χ0) is 8.27. The van der Waals surface area contributed by atoms with Crippen LogP contribution in [0.4, 0.5) is 4.79 Å². The molecule has 1 aliphatic rings. The van der Waals surface area contributed by atoms with Crippen LogP contribution in [0.1, 0.15) is 6.92 Å². The lowest BCUT2D eigenvalue weighted by Gasteiger charge is -2.07. The number of hydrogen-bond acceptors (Lipinski definition) is 4. The van der Waals surface area contributed by atoms with Gasteiger partial charge >= 0.3 is 5.97 Å². The fourth-order valence-electron chi connectivity index (χ4n) is 0.734. The molecule has 5 heteroatoms. The van der Waals surface area contributed by atoms with Crippen molar-refractivity contribution < 1.29 is 14.3 Å². The monoisotopic (exact) mass is 175 g/mol. The fraction of sp³-hybridized carbons (Fsp3) is 0.667. The Balaban J connectivity index is 2.18. The quantitative estimate of drug-likeness (QED) is 0.616. The topological polar surface area (TPSA) is 55.4 Å². The summed E-state index contributed by atoms with van der Waals surface area (Å²) in [4.78, 5) is 20.9. The molecule has 0 aromatic rings. The standard InChI is InChI=1S/C6H9NO3S/c1-4(8)10-2-5-3-11-6(9)7-5/h5H,2-3H2,1H3,(H,7,9)/t5-/m1/s1. The average Bonchev–Trinajstić information content (AvgIpc) is 2.31. The van der Waals surface area contributed by atoms with Crippen molar-refractivity contribution in [2.45, 2.75) is 13.0 Å². The van der Waals surface area contributed by atoms with Crippen molar-refractivity contribution >= 4 is 23.0 Å². The normalized spacial score (nSPS) is 23.0. The third kappa shape index (κ3) is 2.80. The van der Waals surface area contributed by atoms with Gasteiger partial charge in [-0.2, -0.15) is 0 Å². The Hall–Kier alpha value is -0.710. The second-order valence-electron chi connectivity index (χ2n) is 2.24. The Morgan fingerprint density at radius 2 is 2.64 bits per heavy atom. The molecule has 1 aliphatic heterocycles. The summed E-state index contributed by atoms with van der Waals surface area (Å²) in [6.45, 7) is 1.64. The molecule has 0 radical (unpaired) electrons. The maximum Gasteiger partial charge on any atom is 0.302 e. The van der Waals surface area contributed by atoms with Gasteiger partial charge in [0.25, 0.3) is 5.24 Å². The number of rotatable bonds is 2. The van der Waals surface area contributed by atoms with Gasteiger partial charge in [0.1, 0.15) is 6.61 Å². The highest BCUT2D eigenvalue weighted by molar-refractivity contribution is 8.13. The summed E-state index contributed by atoms with van der Waals surface area (Å²) in [6.07, 6.45) is 0. The highest BCUT2D eigenvalue weighted by Crippen LogP contribution is 2.12. The maximum atomic E-state index is 10.6. The number of amides is 1. The molecule has 1 N–H and O–H groups in total. The van der Waals surface area contributed by atoms with Crippen LogP contribution in [-0.2, 0) is 9.53 Å². The van der Waals surface area contributed by atoms with Crippen LogP contribution >= 0.6 is 11.8 Å². The van der Waals surface area contributed by atoms with Crippen LogP contribution in [0.15, 0.2) is 0 Å². The second kappa shape index (κ2) is 3.61. The van der Waals surface area contributed by atoms with E-state index in [0.717, 1.165) is 0 Å². The first-order valence-electron chi connectivity index (χ1n) is 3.25. The second-order valence-corrected chi connectivity index (χ2v) is 3.24. The van der Waals surface area contributed by atoms with Crippen LogP contribution in [0.3, 0.4) is 0 Å². The molecule has 0 aromatic heterocycles. The Bertz CT molecular complexity index is 183. The summed E-state index contributed by atoms with van der Waals surface area (Å²) in [5.74, 6) is 0.377. The number of hydrogen-bond donors (Lipinski definition) is 1. The van der Waals surface area contributed by atoms with E-state index in [4.69, 9.17) is 4.74 Å². The Kier molecular flexibility index (Phi) is 2.76. The number of esters is 1. The van der Waals surface area contributed by atoms with Crippen LogP contribution in [-0.4, -0.2) is 29.6 Å². The fourth-order valence-corrected chi connectivity index (χ4v) is 1.52. The summed E-state index contributed by atoms with van der Waals surface area (Å²) in [7, 11) is 0. The molecule has 1 rings (SSSR count). The minimum atomic E-state index is -0.309. The minimum absolute atomic E-state index is 0.00333. The van der Waals surface area contributed by atoms with Gasteiger partial charge in [0.05, 0.1) is 6.04 Å². The van der Waals surface area contributed by atoms with E-state index in [1.165, 1.54) is 18.7 Å². The molecule has 0 spiro atoms. The van der Waals surface area contributed by atoms with E-state index in [2.05, 4.69) is 5.32 Å². The van der Waals surface area contributed by atoms with Crippen LogP contribution in [0, 0.1) is 0 Å². The molecule has 1 saturated heterocycles. The predicted octanol–water partition coefficient (Wildman–Crippen LogP) is 0.374. The van der Waals surface area contributed by atoms with Crippen LogP contribution in [0.2, 0.25) is 0 Å². The van der Waals surface area contributed by atoms with Crippen LogP contribution in [0.25, 0.3) is 0 Å². The first-order chi connectivity index (χ1) is 5.18. The summed E-state index contributed by atoms with van der Waals surface area (Å²) < 4.78 is 4.71. The van der Waals surface area contributed by atoms with E-state index >= 15 is 0 Å². The maximum absolute atomic E-state index is 10.6. The van der Waals surface area contributed by atoms with Gasteiger partial charge in [0, 0.05) is 12.7 Å². The molecule has 1 heterocycles. The number of thioether (sulfide) groups is 1. The third-order valence-corrected chi connectivity index (χ3v) is 2.17. The number of carbonyl (C=O) groups excluding carboxylic acids is 2.